The summed E-state index contributed by atoms with van der Waals surface area (Å²) >= 11 is 0. The van der Waals surface area contributed by atoms with Crippen LogP contribution >= 0.6 is 0 Å². The maximum Gasteiger partial charge on any atom is 0.349 e. The topological polar surface area (TPSA) is 70.8 Å². The standard InChI is InChI=1S/C20H23NO4/c1-14-11-17(8-7-15-5-3-2-4-6-15)25-20(24)18(14)19(23)21-10-9-16(12-21)13-22/h2-6,11,16,22H,7-10,12-13H2,1H3. The first kappa shape index (κ1) is 17.4. The molecule has 1 N–H and O–H groups in total. The van der Waals surface area contributed by atoms with Crippen LogP contribution in [0.3, 0.4) is 0 Å². The Labute approximate surface area is 146 Å². The molecule has 25 heavy (non-hydrogen) atoms. The number of carbonyl (C=O) groups is 1. The van der Waals surface area contributed by atoms with Gasteiger partial charge in [-0.2, -0.15) is 0 Å². The van der Waals surface area contributed by atoms with Crippen LogP contribution in [-0.2, 0) is 12.8 Å². The molecular weight excluding hydrogens is 318 g/mol. The van der Waals surface area contributed by atoms with E-state index in [-0.39, 0.29) is 24.0 Å². The van der Waals surface area contributed by atoms with E-state index >= 15 is 0 Å². The van der Waals surface area contributed by atoms with E-state index in [1.807, 2.05) is 30.3 Å². The van der Waals surface area contributed by atoms with E-state index in [4.69, 9.17) is 4.42 Å². The Bertz CT molecular complexity index is 797. The lowest BCUT2D eigenvalue weighted by Gasteiger charge is -2.16. The SMILES string of the molecule is Cc1cc(CCc2ccccc2)oc(=O)c1C(=O)N1CCC(CO)C1. The highest BCUT2D eigenvalue weighted by Crippen LogP contribution is 2.19. The van der Waals surface area contributed by atoms with Crippen molar-refractivity contribution in [2.75, 3.05) is 19.7 Å². The molecule has 3 rings (SSSR count). The van der Waals surface area contributed by atoms with Gasteiger partial charge in [-0.05, 0) is 37.0 Å². The van der Waals surface area contributed by atoms with Crippen LogP contribution in [0, 0.1) is 12.8 Å². The number of rotatable bonds is 5. The summed E-state index contributed by atoms with van der Waals surface area (Å²) < 4.78 is 5.39. The lowest BCUT2D eigenvalue weighted by Crippen LogP contribution is -2.33. The quantitative estimate of drug-likeness (QED) is 0.905. The summed E-state index contributed by atoms with van der Waals surface area (Å²) in [5.41, 5.74) is 1.37. The van der Waals surface area contributed by atoms with E-state index in [0.29, 0.717) is 30.8 Å². The van der Waals surface area contributed by atoms with Crippen molar-refractivity contribution >= 4 is 5.91 Å². The second-order valence-electron chi connectivity index (χ2n) is 6.63. The molecule has 1 saturated heterocycles. The summed E-state index contributed by atoms with van der Waals surface area (Å²) in [6.45, 7) is 2.90. The van der Waals surface area contributed by atoms with Crippen molar-refractivity contribution in [1.29, 1.82) is 0 Å². The minimum atomic E-state index is -0.569. The summed E-state index contributed by atoms with van der Waals surface area (Å²) in [5, 5.41) is 9.22. The molecule has 0 bridgehead atoms. The normalized spacial score (nSPS) is 17.0. The molecule has 1 aliphatic heterocycles. The minimum Gasteiger partial charge on any atom is -0.427 e. The Morgan fingerprint density at radius 1 is 1.28 bits per heavy atom. The van der Waals surface area contributed by atoms with Crippen molar-refractivity contribution in [1.82, 2.24) is 4.90 Å². The highest BCUT2D eigenvalue weighted by atomic mass is 16.4. The molecule has 132 valence electrons. The van der Waals surface area contributed by atoms with Gasteiger partial charge < -0.3 is 14.4 Å². The minimum absolute atomic E-state index is 0.0653. The summed E-state index contributed by atoms with van der Waals surface area (Å²) in [5.74, 6) is 0.399. The third kappa shape index (κ3) is 3.99. The second-order valence-corrected chi connectivity index (χ2v) is 6.63. The van der Waals surface area contributed by atoms with Crippen molar-refractivity contribution in [2.24, 2.45) is 5.92 Å². The van der Waals surface area contributed by atoms with Crippen molar-refractivity contribution in [3.63, 3.8) is 0 Å². The number of likely N-dealkylation sites (tertiary alicyclic amines) is 1. The Morgan fingerprint density at radius 3 is 2.68 bits per heavy atom. The van der Waals surface area contributed by atoms with Gasteiger partial charge in [0, 0.05) is 32.0 Å². The van der Waals surface area contributed by atoms with Crippen LogP contribution in [-0.4, -0.2) is 35.6 Å². The number of hydrogen-bond donors (Lipinski definition) is 1. The van der Waals surface area contributed by atoms with Gasteiger partial charge in [0.25, 0.3) is 5.91 Å². The lowest BCUT2D eigenvalue weighted by molar-refractivity contribution is 0.0776. The molecular formula is C20H23NO4. The first-order chi connectivity index (χ1) is 12.1. The van der Waals surface area contributed by atoms with E-state index in [1.54, 1.807) is 17.9 Å². The van der Waals surface area contributed by atoms with Crippen LogP contribution in [0.4, 0.5) is 0 Å². The molecule has 5 nitrogen and oxygen atoms in total. The first-order valence-electron chi connectivity index (χ1n) is 8.66. The monoisotopic (exact) mass is 341 g/mol. The van der Waals surface area contributed by atoms with E-state index in [2.05, 4.69) is 0 Å². The van der Waals surface area contributed by atoms with Crippen molar-refractivity contribution < 1.29 is 14.3 Å². The zero-order chi connectivity index (χ0) is 17.8. The molecule has 0 spiro atoms. The zero-order valence-electron chi connectivity index (χ0n) is 14.4. The number of amides is 1. The number of aliphatic hydroxyl groups excluding tert-OH is 1. The van der Waals surface area contributed by atoms with Crippen LogP contribution in [0.25, 0.3) is 0 Å². The van der Waals surface area contributed by atoms with Gasteiger partial charge in [0.05, 0.1) is 0 Å². The molecule has 1 aromatic heterocycles. The molecule has 1 amide bonds. The van der Waals surface area contributed by atoms with Crippen molar-refractivity contribution in [3.8, 4) is 0 Å². The molecule has 1 aromatic carbocycles. The smallest absolute Gasteiger partial charge is 0.349 e. The van der Waals surface area contributed by atoms with Gasteiger partial charge in [0.1, 0.15) is 11.3 Å². The molecule has 0 radical (unpaired) electrons. The van der Waals surface area contributed by atoms with Crippen LogP contribution < -0.4 is 5.63 Å². The summed E-state index contributed by atoms with van der Waals surface area (Å²) in [4.78, 5) is 26.6. The maximum absolute atomic E-state index is 12.6. The van der Waals surface area contributed by atoms with Crippen molar-refractivity contribution in [3.05, 3.63) is 69.3 Å². The summed E-state index contributed by atoms with van der Waals surface area (Å²) in [6, 6.07) is 11.8. The summed E-state index contributed by atoms with van der Waals surface area (Å²) in [6.07, 6.45) is 2.16. The van der Waals surface area contributed by atoms with Gasteiger partial charge in [0.15, 0.2) is 0 Å². The molecule has 2 heterocycles. The van der Waals surface area contributed by atoms with Crippen LogP contribution in [0.1, 0.15) is 33.7 Å². The predicted molar refractivity (Wildman–Crippen MR) is 94.7 cm³/mol. The Balaban J connectivity index is 1.74. The van der Waals surface area contributed by atoms with E-state index in [9.17, 15) is 14.7 Å². The fraction of sp³-hybridized carbons (Fsp3) is 0.400. The lowest BCUT2D eigenvalue weighted by atomic mass is 10.1. The van der Waals surface area contributed by atoms with Gasteiger partial charge in [0.2, 0.25) is 0 Å². The number of carbonyl (C=O) groups excluding carboxylic acids is 1. The summed E-state index contributed by atoms with van der Waals surface area (Å²) in [7, 11) is 0. The van der Waals surface area contributed by atoms with Gasteiger partial charge in [-0.3, -0.25) is 4.79 Å². The molecule has 5 heteroatoms. The van der Waals surface area contributed by atoms with Gasteiger partial charge >= 0.3 is 5.63 Å². The zero-order valence-corrected chi connectivity index (χ0v) is 14.4. The van der Waals surface area contributed by atoms with Gasteiger partial charge in [-0.1, -0.05) is 30.3 Å². The van der Waals surface area contributed by atoms with E-state index in [1.165, 1.54) is 5.56 Å². The third-order valence-electron chi connectivity index (χ3n) is 4.75. The molecule has 0 aliphatic carbocycles. The maximum atomic E-state index is 12.6. The first-order valence-corrected chi connectivity index (χ1v) is 8.66. The third-order valence-corrected chi connectivity index (χ3v) is 4.75. The molecule has 1 atom stereocenters. The van der Waals surface area contributed by atoms with Gasteiger partial charge in [-0.25, -0.2) is 4.79 Å². The highest BCUT2D eigenvalue weighted by molar-refractivity contribution is 5.95. The number of hydrogen-bond acceptors (Lipinski definition) is 4. The molecule has 0 saturated carbocycles. The van der Waals surface area contributed by atoms with Crippen molar-refractivity contribution in [2.45, 2.75) is 26.2 Å². The predicted octanol–water partition coefficient (Wildman–Crippen LogP) is 2.19. The Kier molecular flexibility index (Phi) is 5.34. The number of aliphatic hydroxyl groups is 1. The number of nitrogens with zero attached hydrogens (tertiary/aromatic N) is 1. The largest absolute Gasteiger partial charge is 0.427 e. The van der Waals surface area contributed by atoms with E-state index < -0.39 is 5.63 Å². The fourth-order valence-corrected chi connectivity index (χ4v) is 3.29. The Hall–Kier alpha value is -2.40. The average Bonchev–Trinajstić information content (AvgIpc) is 3.09. The molecule has 1 unspecified atom stereocenters. The highest BCUT2D eigenvalue weighted by Gasteiger charge is 2.29. The average molecular weight is 341 g/mol. The van der Waals surface area contributed by atoms with Crippen LogP contribution in [0.5, 0.6) is 0 Å². The fourth-order valence-electron chi connectivity index (χ4n) is 3.29. The second kappa shape index (κ2) is 7.66. The number of aryl methyl sites for hydroxylation is 3. The Morgan fingerprint density at radius 2 is 2.04 bits per heavy atom. The van der Waals surface area contributed by atoms with E-state index in [0.717, 1.165) is 12.8 Å². The molecule has 2 aromatic rings. The molecule has 1 fully saturated rings. The number of benzene rings is 1. The molecule has 1 aliphatic rings. The van der Waals surface area contributed by atoms with Crippen LogP contribution in [0.2, 0.25) is 0 Å². The van der Waals surface area contributed by atoms with Crippen LogP contribution in [0.15, 0.2) is 45.6 Å². The van der Waals surface area contributed by atoms with Gasteiger partial charge in [-0.15, -0.1) is 0 Å².